The lowest BCUT2D eigenvalue weighted by Crippen LogP contribution is -2.37. The van der Waals surface area contributed by atoms with Gasteiger partial charge in [0.05, 0.1) is 0 Å². The first-order chi connectivity index (χ1) is 7.26. The maximum absolute atomic E-state index is 4.85. The van der Waals surface area contributed by atoms with Crippen molar-refractivity contribution in [3.8, 4) is 0 Å². The smallest absolute Gasteiger partial charge is 0.223 e. The van der Waals surface area contributed by atoms with Gasteiger partial charge in [0.2, 0.25) is 5.89 Å². The number of aromatic nitrogens is 2. The van der Waals surface area contributed by atoms with Gasteiger partial charge in [0.25, 0.3) is 0 Å². The van der Waals surface area contributed by atoms with E-state index < -0.39 is 0 Å². The van der Waals surface area contributed by atoms with Gasteiger partial charge in [-0.25, -0.2) is 4.99 Å². The molecule has 0 aliphatic carbocycles. The minimum atomic E-state index is 0.423. The Bertz CT molecular complexity index is 312. The van der Waals surface area contributed by atoms with Crippen LogP contribution < -0.4 is 10.6 Å². The van der Waals surface area contributed by atoms with Crippen molar-refractivity contribution in [3.05, 3.63) is 11.7 Å². The first-order valence-electron chi connectivity index (χ1n) is 5.07. The molecule has 6 heteroatoms. The zero-order valence-electron chi connectivity index (χ0n) is 9.37. The number of aliphatic imine (C=N–C) groups is 1. The van der Waals surface area contributed by atoms with Gasteiger partial charge < -0.3 is 15.2 Å². The van der Waals surface area contributed by atoms with E-state index in [-0.39, 0.29) is 0 Å². The summed E-state index contributed by atoms with van der Waals surface area (Å²) < 4.78 is 4.85. The molecule has 6 nitrogen and oxygen atoms in total. The summed E-state index contributed by atoms with van der Waals surface area (Å²) in [6.07, 6.45) is 0. The van der Waals surface area contributed by atoms with E-state index in [2.05, 4.69) is 25.8 Å². The van der Waals surface area contributed by atoms with Crippen molar-refractivity contribution in [1.29, 1.82) is 0 Å². The Hall–Kier alpha value is -1.59. The number of nitrogens with zero attached hydrogens (tertiary/aromatic N) is 3. The van der Waals surface area contributed by atoms with E-state index in [1.807, 2.05) is 13.8 Å². The van der Waals surface area contributed by atoms with Crippen LogP contribution in [0.5, 0.6) is 0 Å². The topological polar surface area (TPSA) is 75.3 Å². The summed E-state index contributed by atoms with van der Waals surface area (Å²) in [4.78, 5) is 8.36. The summed E-state index contributed by atoms with van der Waals surface area (Å²) in [7, 11) is 0. The zero-order chi connectivity index (χ0) is 11.1. The second kappa shape index (κ2) is 6.00. The van der Waals surface area contributed by atoms with Crippen LogP contribution in [0, 0.1) is 6.92 Å². The normalized spacial score (nSPS) is 9.80. The van der Waals surface area contributed by atoms with E-state index in [4.69, 9.17) is 4.52 Å². The lowest BCUT2D eigenvalue weighted by molar-refractivity contribution is 0.387. The van der Waals surface area contributed by atoms with E-state index in [9.17, 15) is 0 Å². The maximum Gasteiger partial charge on any atom is 0.223 e. The molecule has 0 spiro atoms. The van der Waals surface area contributed by atoms with Crippen LogP contribution in [-0.4, -0.2) is 29.2 Å². The average molecular weight is 211 g/mol. The molecule has 84 valence electrons. The van der Waals surface area contributed by atoms with E-state index in [0.717, 1.165) is 19.0 Å². The molecule has 0 fully saturated rings. The molecule has 1 aromatic rings. The Morgan fingerprint density at radius 1 is 1.33 bits per heavy atom. The predicted octanol–water partition coefficient (Wildman–Crippen LogP) is 0.453. The summed E-state index contributed by atoms with van der Waals surface area (Å²) in [6, 6.07) is 0. The Balaban J connectivity index is 2.52. The lowest BCUT2D eigenvalue weighted by Gasteiger charge is -2.07. The second-order valence-corrected chi connectivity index (χ2v) is 2.96. The van der Waals surface area contributed by atoms with Gasteiger partial charge in [-0.2, -0.15) is 4.98 Å². The largest absolute Gasteiger partial charge is 0.357 e. The van der Waals surface area contributed by atoms with Crippen LogP contribution in [-0.2, 0) is 6.54 Å². The average Bonchev–Trinajstić information content (AvgIpc) is 2.61. The second-order valence-electron chi connectivity index (χ2n) is 2.96. The fourth-order valence-corrected chi connectivity index (χ4v) is 1.06. The van der Waals surface area contributed by atoms with Crippen LogP contribution >= 0.6 is 0 Å². The molecule has 1 aromatic heterocycles. The molecule has 0 aliphatic rings. The van der Waals surface area contributed by atoms with E-state index in [1.54, 1.807) is 6.92 Å². The van der Waals surface area contributed by atoms with Crippen LogP contribution in [0.25, 0.3) is 0 Å². The molecular weight excluding hydrogens is 194 g/mol. The fourth-order valence-electron chi connectivity index (χ4n) is 1.06. The van der Waals surface area contributed by atoms with Gasteiger partial charge in [0.1, 0.15) is 6.54 Å². The standard InChI is InChI=1S/C9H17N5O/c1-4-10-9(11-5-2)12-6-8-13-7(3)15-14-8/h4-6H2,1-3H3,(H2,10,11,12). The van der Waals surface area contributed by atoms with Crippen molar-refractivity contribution in [1.82, 2.24) is 20.8 Å². The molecule has 1 rings (SSSR count). The first kappa shape index (κ1) is 11.5. The van der Waals surface area contributed by atoms with Gasteiger partial charge in [0, 0.05) is 20.0 Å². The molecule has 0 saturated heterocycles. The van der Waals surface area contributed by atoms with Crippen LogP contribution in [0.1, 0.15) is 25.6 Å². The van der Waals surface area contributed by atoms with Gasteiger partial charge >= 0.3 is 0 Å². The summed E-state index contributed by atoms with van der Waals surface area (Å²) >= 11 is 0. The predicted molar refractivity (Wildman–Crippen MR) is 57.5 cm³/mol. The first-order valence-corrected chi connectivity index (χ1v) is 5.07. The van der Waals surface area contributed by atoms with Crippen molar-refractivity contribution in [2.75, 3.05) is 13.1 Å². The van der Waals surface area contributed by atoms with Crippen molar-refractivity contribution >= 4 is 5.96 Å². The molecule has 0 unspecified atom stereocenters. The van der Waals surface area contributed by atoms with Crippen molar-refractivity contribution < 1.29 is 4.52 Å². The van der Waals surface area contributed by atoms with Crippen molar-refractivity contribution in [2.45, 2.75) is 27.3 Å². The lowest BCUT2D eigenvalue weighted by atomic mass is 10.6. The number of hydrogen-bond donors (Lipinski definition) is 2. The highest BCUT2D eigenvalue weighted by molar-refractivity contribution is 5.79. The molecule has 0 atom stereocenters. The number of rotatable bonds is 4. The monoisotopic (exact) mass is 211 g/mol. The molecule has 2 N–H and O–H groups in total. The Morgan fingerprint density at radius 3 is 2.47 bits per heavy atom. The Morgan fingerprint density at radius 2 is 2.00 bits per heavy atom. The van der Waals surface area contributed by atoms with Gasteiger partial charge in [-0.05, 0) is 13.8 Å². The number of guanidine groups is 1. The van der Waals surface area contributed by atoms with Crippen LogP contribution in [0.4, 0.5) is 0 Å². The zero-order valence-corrected chi connectivity index (χ0v) is 9.37. The summed E-state index contributed by atoms with van der Waals surface area (Å²) in [5, 5.41) is 9.99. The molecule has 0 amide bonds. The van der Waals surface area contributed by atoms with Crippen molar-refractivity contribution in [2.24, 2.45) is 4.99 Å². The van der Waals surface area contributed by atoms with E-state index in [0.29, 0.717) is 18.3 Å². The molecule has 15 heavy (non-hydrogen) atoms. The third-order valence-electron chi connectivity index (χ3n) is 1.64. The van der Waals surface area contributed by atoms with Gasteiger partial charge in [-0.1, -0.05) is 5.16 Å². The van der Waals surface area contributed by atoms with Crippen LogP contribution in [0.3, 0.4) is 0 Å². The third-order valence-corrected chi connectivity index (χ3v) is 1.64. The minimum absolute atomic E-state index is 0.423. The number of aryl methyl sites for hydroxylation is 1. The van der Waals surface area contributed by atoms with Crippen LogP contribution in [0.15, 0.2) is 9.52 Å². The van der Waals surface area contributed by atoms with Crippen LogP contribution in [0.2, 0.25) is 0 Å². The molecule has 0 radical (unpaired) electrons. The fraction of sp³-hybridized carbons (Fsp3) is 0.667. The highest BCUT2D eigenvalue weighted by atomic mass is 16.5. The maximum atomic E-state index is 4.85. The highest BCUT2D eigenvalue weighted by Crippen LogP contribution is 1.96. The molecule has 0 aromatic carbocycles. The summed E-state index contributed by atoms with van der Waals surface area (Å²) in [6.45, 7) is 7.88. The third kappa shape index (κ3) is 3.97. The number of nitrogens with one attached hydrogen (secondary N) is 2. The highest BCUT2D eigenvalue weighted by Gasteiger charge is 2.01. The van der Waals surface area contributed by atoms with E-state index in [1.165, 1.54) is 0 Å². The molecule has 0 aliphatic heterocycles. The Kier molecular flexibility index (Phi) is 4.59. The summed E-state index contributed by atoms with van der Waals surface area (Å²) in [5.41, 5.74) is 0. The molecule has 1 heterocycles. The SMILES string of the molecule is CCNC(=NCc1noc(C)n1)NCC. The number of hydrogen-bond acceptors (Lipinski definition) is 4. The van der Waals surface area contributed by atoms with Gasteiger partial charge in [-0.3, -0.25) is 0 Å². The molecular formula is C9H17N5O. The summed E-state index contributed by atoms with van der Waals surface area (Å²) in [5.74, 6) is 1.93. The van der Waals surface area contributed by atoms with E-state index >= 15 is 0 Å². The Labute approximate surface area is 89.2 Å². The minimum Gasteiger partial charge on any atom is -0.357 e. The van der Waals surface area contributed by atoms with Crippen molar-refractivity contribution in [3.63, 3.8) is 0 Å². The molecule has 0 bridgehead atoms. The quantitative estimate of drug-likeness (QED) is 0.558. The molecule has 0 saturated carbocycles. The van der Waals surface area contributed by atoms with Gasteiger partial charge in [-0.15, -0.1) is 0 Å². The van der Waals surface area contributed by atoms with Gasteiger partial charge in [0.15, 0.2) is 11.8 Å².